The minimum atomic E-state index is -0.135. The molecule has 0 saturated carbocycles. The Hall–Kier alpha value is -3.30. The molecular weight excluding hydrogens is 444 g/mol. The van der Waals surface area contributed by atoms with Gasteiger partial charge in [0.2, 0.25) is 0 Å². The van der Waals surface area contributed by atoms with E-state index in [0.29, 0.717) is 25.2 Å². The van der Waals surface area contributed by atoms with Crippen LogP contribution in [0.5, 0.6) is 0 Å². The summed E-state index contributed by atoms with van der Waals surface area (Å²) in [5.41, 5.74) is 2.53. The number of aryl methyl sites for hydroxylation is 1. The SMILES string of the molecule is Cc1cccc2cc(CN(Cc3ccco3)C(c3nnnn3CC3CCCO3)C(C)C)c(=O)[nH]c12. The summed E-state index contributed by atoms with van der Waals surface area (Å²) in [5.74, 6) is 1.78. The first-order valence-electron chi connectivity index (χ1n) is 12.2. The normalized spacial score (nSPS) is 17.1. The molecule has 1 saturated heterocycles. The molecule has 1 fully saturated rings. The molecule has 4 aromatic rings. The van der Waals surface area contributed by atoms with Gasteiger partial charge in [0.1, 0.15) is 5.76 Å². The van der Waals surface area contributed by atoms with Crippen LogP contribution in [0, 0.1) is 12.8 Å². The lowest BCUT2D eigenvalue weighted by molar-refractivity contribution is 0.0836. The fourth-order valence-corrected chi connectivity index (χ4v) is 5.04. The molecule has 1 aromatic carbocycles. The predicted molar refractivity (Wildman–Crippen MR) is 132 cm³/mol. The number of aromatic amines is 1. The van der Waals surface area contributed by atoms with Gasteiger partial charge in [-0.25, -0.2) is 4.68 Å². The summed E-state index contributed by atoms with van der Waals surface area (Å²) in [6.07, 6.45) is 3.86. The number of para-hydroxylation sites is 1. The average molecular weight is 477 g/mol. The highest BCUT2D eigenvalue weighted by atomic mass is 16.5. The van der Waals surface area contributed by atoms with Crippen LogP contribution >= 0.6 is 0 Å². The van der Waals surface area contributed by atoms with Crippen LogP contribution in [0.2, 0.25) is 0 Å². The summed E-state index contributed by atoms with van der Waals surface area (Å²) in [7, 11) is 0. The van der Waals surface area contributed by atoms with Crippen molar-refractivity contribution in [3.05, 3.63) is 75.7 Å². The van der Waals surface area contributed by atoms with E-state index in [1.165, 1.54) is 0 Å². The van der Waals surface area contributed by atoms with Gasteiger partial charge in [0.15, 0.2) is 5.82 Å². The van der Waals surface area contributed by atoms with Crippen molar-refractivity contribution in [3.63, 3.8) is 0 Å². The van der Waals surface area contributed by atoms with Gasteiger partial charge in [-0.05, 0) is 65.3 Å². The van der Waals surface area contributed by atoms with Crippen molar-refractivity contribution < 1.29 is 9.15 Å². The van der Waals surface area contributed by atoms with Crippen molar-refractivity contribution in [2.45, 2.75) is 65.4 Å². The molecule has 2 atom stereocenters. The molecule has 1 aliphatic heterocycles. The minimum absolute atomic E-state index is 0.0855. The maximum absolute atomic E-state index is 13.1. The van der Waals surface area contributed by atoms with Gasteiger partial charge >= 0.3 is 0 Å². The maximum atomic E-state index is 13.1. The first-order valence-corrected chi connectivity index (χ1v) is 12.2. The van der Waals surface area contributed by atoms with E-state index in [9.17, 15) is 4.79 Å². The number of nitrogens with one attached hydrogen (secondary N) is 1. The molecule has 9 nitrogen and oxygen atoms in total. The number of rotatable bonds is 9. The lowest BCUT2D eigenvalue weighted by Gasteiger charge is -2.33. The molecule has 4 heterocycles. The van der Waals surface area contributed by atoms with Gasteiger partial charge < -0.3 is 14.1 Å². The largest absolute Gasteiger partial charge is 0.468 e. The molecule has 1 N–H and O–H groups in total. The smallest absolute Gasteiger partial charge is 0.252 e. The zero-order chi connectivity index (χ0) is 24.4. The first-order chi connectivity index (χ1) is 17.0. The highest BCUT2D eigenvalue weighted by Gasteiger charge is 2.31. The quantitative estimate of drug-likeness (QED) is 0.390. The van der Waals surface area contributed by atoms with Crippen LogP contribution in [0.4, 0.5) is 0 Å². The number of benzene rings is 1. The van der Waals surface area contributed by atoms with E-state index < -0.39 is 0 Å². The molecule has 0 amide bonds. The highest BCUT2D eigenvalue weighted by molar-refractivity contribution is 5.81. The molecule has 1 aliphatic rings. The van der Waals surface area contributed by atoms with Crippen LogP contribution in [-0.2, 0) is 24.4 Å². The van der Waals surface area contributed by atoms with Crippen molar-refractivity contribution in [1.29, 1.82) is 0 Å². The summed E-state index contributed by atoms with van der Waals surface area (Å²) >= 11 is 0. The number of hydrogen-bond donors (Lipinski definition) is 1. The highest BCUT2D eigenvalue weighted by Crippen LogP contribution is 2.31. The van der Waals surface area contributed by atoms with Gasteiger partial charge in [0, 0.05) is 18.7 Å². The molecule has 2 unspecified atom stereocenters. The van der Waals surface area contributed by atoms with Crippen LogP contribution in [0.15, 0.2) is 51.9 Å². The first kappa shape index (κ1) is 23.4. The molecule has 184 valence electrons. The van der Waals surface area contributed by atoms with Crippen LogP contribution in [0.25, 0.3) is 10.9 Å². The van der Waals surface area contributed by atoms with E-state index in [-0.39, 0.29) is 23.6 Å². The summed E-state index contributed by atoms with van der Waals surface area (Å²) in [5, 5.41) is 13.8. The fourth-order valence-electron chi connectivity index (χ4n) is 5.04. The van der Waals surface area contributed by atoms with Crippen LogP contribution in [0.1, 0.15) is 55.4 Å². The number of pyridine rings is 1. The summed E-state index contributed by atoms with van der Waals surface area (Å²) in [4.78, 5) is 18.4. The molecule has 35 heavy (non-hydrogen) atoms. The molecule has 0 aliphatic carbocycles. The monoisotopic (exact) mass is 476 g/mol. The summed E-state index contributed by atoms with van der Waals surface area (Å²) < 4.78 is 13.4. The van der Waals surface area contributed by atoms with E-state index >= 15 is 0 Å². The topological polar surface area (TPSA) is 102 Å². The second-order valence-electron chi connectivity index (χ2n) is 9.69. The summed E-state index contributed by atoms with van der Waals surface area (Å²) in [6, 6.07) is 11.7. The number of hydrogen-bond acceptors (Lipinski definition) is 7. The molecule has 0 radical (unpaired) electrons. The third-order valence-corrected chi connectivity index (χ3v) is 6.73. The van der Waals surface area contributed by atoms with Crippen molar-refractivity contribution >= 4 is 10.9 Å². The average Bonchev–Trinajstić information content (AvgIpc) is 3.60. The molecule has 9 heteroatoms. The van der Waals surface area contributed by atoms with E-state index in [1.54, 1.807) is 6.26 Å². The van der Waals surface area contributed by atoms with E-state index in [2.05, 4.69) is 39.3 Å². The van der Waals surface area contributed by atoms with Crippen molar-refractivity contribution in [2.75, 3.05) is 6.61 Å². The number of furan rings is 1. The van der Waals surface area contributed by atoms with Gasteiger partial charge in [-0.1, -0.05) is 32.0 Å². The number of aromatic nitrogens is 5. The number of nitrogens with zero attached hydrogens (tertiary/aromatic N) is 5. The second-order valence-corrected chi connectivity index (χ2v) is 9.69. The Balaban J connectivity index is 1.52. The Morgan fingerprint density at radius 3 is 2.86 bits per heavy atom. The van der Waals surface area contributed by atoms with Crippen molar-refractivity contribution in [1.82, 2.24) is 30.1 Å². The van der Waals surface area contributed by atoms with Crippen LogP contribution in [0.3, 0.4) is 0 Å². The number of ether oxygens (including phenoxy) is 1. The van der Waals surface area contributed by atoms with Gasteiger partial charge in [-0.2, -0.15) is 0 Å². The van der Waals surface area contributed by atoms with Gasteiger partial charge in [0.25, 0.3) is 5.56 Å². The second kappa shape index (κ2) is 10.1. The fraction of sp³-hybridized carbons (Fsp3) is 0.462. The van der Waals surface area contributed by atoms with Gasteiger partial charge in [-0.3, -0.25) is 9.69 Å². The molecule has 3 aromatic heterocycles. The van der Waals surface area contributed by atoms with E-state index in [1.807, 2.05) is 48.0 Å². The Labute approximate surface area is 204 Å². The Morgan fingerprint density at radius 1 is 1.23 bits per heavy atom. The third kappa shape index (κ3) is 5.06. The zero-order valence-electron chi connectivity index (χ0n) is 20.5. The Kier molecular flexibility index (Phi) is 6.79. The van der Waals surface area contributed by atoms with E-state index in [0.717, 1.165) is 47.5 Å². The van der Waals surface area contributed by atoms with Crippen LogP contribution < -0.4 is 5.56 Å². The Morgan fingerprint density at radius 2 is 2.11 bits per heavy atom. The van der Waals surface area contributed by atoms with Crippen molar-refractivity contribution in [3.8, 4) is 0 Å². The third-order valence-electron chi connectivity index (χ3n) is 6.73. The molecule has 5 rings (SSSR count). The number of H-pyrrole nitrogens is 1. The van der Waals surface area contributed by atoms with Gasteiger partial charge in [0.05, 0.1) is 37.0 Å². The lowest BCUT2D eigenvalue weighted by Crippen LogP contribution is -2.35. The number of tetrazole rings is 1. The number of fused-ring (bicyclic) bond motifs is 1. The van der Waals surface area contributed by atoms with Gasteiger partial charge in [-0.15, -0.1) is 5.10 Å². The molecule has 0 spiro atoms. The molecular formula is C26H32N6O3. The minimum Gasteiger partial charge on any atom is -0.468 e. The van der Waals surface area contributed by atoms with E-state index in [4.69, 9.17) is 9.15 Å². The maximum Gasteiger partial charge on any atom is 0.252 e. The van der Waals surface area contributed by atoms with Crippen LogP contribution in [-0.4, -0.2) is 42.8 Å². The summed E-state index contributed by atoms with van der Waals surface area (Å²) in [6.45, 7) is 8.66. The van der Waals surface area contributed by atoms with Crippen molar-refractivity contribution in [2.24, 2.45) is 5.92 Å². The standard InChI is InChI=1S/C26H32N6O3/c1-17(2)24(25-28-29-30-32(25)16-22-10-6-12-35-22)31(15-21-9-5-11-34-21)14-20-13-19-8-4-7-18(3)23(19)27-26(20)33/h4-5,7-9,11,13,17,22,24H,6,10,12,14-16H2,1-3H3,(H,27,33). The zero-order valence-corrected chi connectivity index (χ0v) is 20.5. The molecule has 0 bridgehead atoms. The lowest BCUT2D eigenvalue weighted by atomic mass is 10.00. The Bertz CT molecular complexity index is 1320. The predicted octanol–water partition coefficient (Wildman–Crippen LogP) is 3.99.